The molecule has 2 aromatic carbocycles. The first-order valence-corrected chi connectivity index (χ1v) is 12.6. The van der Waals surface area contributed by atoms with Gasteiger partial charge in [0.05, 0.1) is 16.9 Å². The maximum Gasteiger partial charge on any atom is 0.426 e. The summed E-state index contributed by atoms with van der Waals surface area (Å²) in [5.74, 6) is -1.70. The quantitative estimate of drug-likeness (QED) is 0.515. The van der Waals surface area contributed by atoms with E-state index in [0.717, 1.165) is 24.5 Å². The molecule has 2 N–H and O–H groups in total. The average Bonchev–Trinajstić information content (AvgIpc) is 2.65. The van der Waals surface area contributed by atoms with Crippen molar-refractivity contribution < 1.29 is 35.6 Å². The van der Waals surface area contributed by atoms with Crippen molar-refractivity contribution >= 4 is 27.3 Å². The second kappa shape index (κ2) is 9.60. The standard InChI is InChI=1S/C24H28F4N2O4S/c1-14-8-7-9-17(19(14)21(32)30-22(3,4)13-35(6,33)34)20(31)29-18-11-10-16(12-15(18)2)23(5,25)24(26,27)28/h7-12H,13H2,1-6H3,(H,29,31)(H,30,32). The second-order valence-corrected chi connectivity index (χ2v) is 11.5. The fraction of sp³-hybridized carbons (Fsp3) is 0.417. The van der Waals surface area contributed by atoms with Crippen LogP contribution in [0.5, 0.6) is 0 Å². The molecule has 1 unspecified atom stereocenters. The predicted octanol–water partition coefficient (Wildman–Crippen LogP) is 4.86. The maximum absolute atomic E-state index is 14.3. The molecule has 0 aliphatic rings. The molecule has 0 saturated carbocycles. The molecular formula is C24H28F4N2O4S. The number of aryl methyl sites for hydroxylation is 2. The van der Waals surface area contributed by atoms with Gasteiger partial charge in [-0.3, -0.25) is 9.59 Å². The van der Waals surface area contributed by atoms with E-state index < -0.39 is 44.6 Å². The van der Waals surface area contributed by atoms with Crippen molar-refractivity contribution in [1.82, 2.24) is 5.32 Å². The van der Waals surface area contributed by atoms with Gasteiger partial charge in [0.2, 0.25) is 5.67 Å². The van der Waals surface area contributed by atoms with E-state index in [1.807, 2.05) is 0 Å². The Morgan fingerprint density at radius 1 is 0.914 bits per heavy atom. The Bertz CT molecular complexity index is 1250. The van der Waals surface area contributed by atoms with Crippen molar-refractivity contribution in [2.75, 3.05) is 17.3 Å². The van der Waals surface area contributed by atoms with Crippen molar-refractivity contribution in [3.05, 3.63) is 64.2 Å². The molecule has 0 heterocycles. The van der Waals surface area contributed by atoms with Crippen LogP contribution in [0.2, 0.25) is 0 Å². The topological polar surface area (TPSA) is 92.3 Å². The van der Waals surface area contributed by atoms with E-state index in [4.69, 9.17) is 0 Å². The average molecular weight is 517 g/mol. The van der Waals surface area contributed by atoms with Gasteiger partial charge in [-0.2, -0.15) is 13.2 Å². The molecule has 0 bridgehead atoms. The molecule has 1 atom stereocenters. The van der Waals surface area contributed by atoms with Gasteiger partial charge >= 0.3 is 6.18 Å². The van der Waals surface area contributed by atoms with Gasteiger partial charge in [0.25, 0.3) is 11.8 Å². The van der Waals surface area contributed by atoms with Crippen LogP contribution in [0.3, 0.4) is 0 Å². The highest BCUT2D eigenvalue weighted by Crippen LogP contribution is 2.42. The lowest BCUT2D eigenvalue weighted by Crippen LogP contribution is -2.48. The number of rotatable bonds is 7. The van der Waals surface area contributed by atoms with Gasteiger partial charge < -0.3 is 10.6 Å². The van der Waals surface area contributed by atoms with Crippen molar-refractivity contribution in [2.24, 2.45) is 0 Å². The molecule has 2 rings (SSSR count). The summed E-state index contributed by atoms with van der Waals surface area (Å²) in [6.07, 6.45) is -4.07. The van der Waals surface area contributed by atoms with E-state index in [2.05, 4.69) is 10.6 Å². The van der Waals surface area contributed by atoms with Crippen molar-refractivity contribution in [1.29, 1.82) is 0 Å². The molecule has 35 heavy (non-hydrogen) atoms. The van der Waals surface area contributed by atoms with Crippen molar-refractivity contribution in [3.8, 4) is 0 Å². The van der Waals surface area contributed by atoms with E-state index in [0.29, 0.717) is 12.5 Å². The highest BCUT2D eigenvalue weighted by Gasteiger charge is 2.53. The predicted molar refractivity (Wildman–Crippen MR) is 126 cm³/mol. The molecule has 0 aromatic heterocycles. The third-order valence-electron chi connectivity index (χ3n) is 5.37. The van der Waals surface area contributed by atoms with Gasteiger partial charge in [0.15, 0.2) is 0 Å². The summed E-state index contributed by atoms with van der Waals surface area (Å²) in [6.45, 7) is 6.52. The van der Waals surface area contributed by atoms with Gasteiger partial charge in [-0.1, -0.05) is 24.3 Å². The summed E-state index contributed by atoms with van der Waals surface area (Å²) in [6, 6.07) is 7.66. The molecule has 0 aliphatic carbocycles. The van der Waals surface area contributed by atoms with Crippen LogP contribution in [0.25, 0.3) is 0 Å². The number of carbonyl (C=O) groups excluding carboxylic acids is 2. The van der Waals surface area contributed by atoms with E-state index in [1.165, 1.54) is 26.8 Å². The second-order valence-electron chi connectivity index (χ2n) is 9.39. The number of amides is 2. The minimum Gasteiger partial charge on any atom is -0.346 e. The Morgan fingerprint density at radius 3 is 2.03 bits per heavy atom. The molecule has 192 valence electrons. The van der Waals surface area contributed by atoms with Crippen LogP contribution < -0.4 is 10.6 Å². The smallest absolute Gasteiger partial charge is 0.346 e. The molecule has 0 fully saturated rings. The van der Waals surface area contributed by atoms with Crippen LogP contribution in [0.15, 0.2) is 36.4 Å². The number of alkyl halides is 4. The Morgan fingerprint density at radius 2 is 1.51 bits per heavy atom. The molecule has 0 radical (unpaired) electrons. The monoisotopic (exact) mass is 516 g/mol. The third-order valence-corrected chi connectivity index (χ3v) is 6.61. The van der Waals surface area contributed by atoms with Crippen LogP contribution in [0, 0.1) is 13.8 Å². The summed E-state index contributed by atoms with van der Waals surface area (Å²) in [5.41, 5.74) is -4.51. The highest BCUT2D eigenvalue weighted by atomic mass is 32.2. The molecule has 2 aromatic rings. The number of carbonyl (C=O) groups is 2. The van der Waals surface area contributed by atoms with Gasteiger partial charge in [-0.15, -0.1) is 0 Å². The Kier molecular flexibility index (Phi) is 7.76. The van der Waals surface area contributed by atoms with Crippen LogP contribution in [0.4, 0.5) is 23.2 Å². The van der Waals surface area contributed by atoms with Gasteiger partial charge in [0, 0.05) is 17.5 Å². The summed E-state index contributed by atoms with van der Waals surface area (Å²) in [7, 11) is -3.41. The first-order valence-electron chi connectivity index (χ1n) is 10.5. The molecule has 0 saturated heterocycles. The third kappa shape index (κ3) is 6.81. The van der Waals surface area contributed by atoms with Crippen molar-refractivity contribution in [3.63, 3.8) is 0 Å². The molecule has 6 nitrogen and oxygen atoms in total. The first kappa shape index (κ1) is 28.3. The number of sulfone groups is 1. The number of nitrogens with one attached hydrogen (secondary N) is 2. The number of halogens is 4. The van der Waals surface area contributed by atoms with E-state index in [-0.39, 0.29) is 28.1 Å². The van der Waals surface area contributed by atoms with Gasteiger partial charge in [-0.05, 0) is 63.4 Å². The van der Waals surface area contributed by atoms with Crippen LogP contribution in [0.1, 0.15) is 58.2 Å². The zero-order valence-electron chi connectivity index (χ0n) is 20.2. The fourth-order valence-corrected chi connectivity index (χ4v) is 5.05. The Hall–Kier alpha value is -2.95. The van der Waals surface area contributed by atoms with E-state index in [1.54, 1.807) is 19.1 Å². The Balaban J connectivity index is 2.36. The van der Waals surface area contributed by atoms with E-state index >= 15 is 0 Å². The summed E-state index contributed by atoms with van der Waals surface area (Å²) >= 11 is 0. The number of hydrogen-bond donors (Lipinski definition) is 2. The number of anilines is 1. The lowest BCUT2D eigenvalue weighted by molar-refractivity contribution is -0.228. The zero-order chi connectivity index (χ0) is 27.0. The van der Waals surface area contributed by atoms with Crippen LogP contribution in [-0.4, -0.2) is 44.0 Å². The lowest BCUT2D eigenvalue weighted by Gasteiger charge is -2.26. The largest absolute Gasteiger partial charge is 0.426 e. The highest BCUT2D eigenvalue weighted by molar-refractivity contribution is 7.90. The maximum atomic E-state index is 14.3. The summed E-state index contributed by atoms with van der Waals surface area (Å²) in [5, 5.41) is 5.18. The minimum absolute atomic E-state index is 0.0215. The number of benzene rings is 2. The van der Waals surface area contributed by atoms with E-state index in [9.17, 15) is 35.6 Å². The summed E-state index contributed by atoms with van der Waals surface area (Å²) < 4.78 is 76.8. The zero-order valence-corrected chi connectivity index (χ0v) is 21.0. The normalized spacial score (nSPS) is 14.2. The molecule has 11 heteroatoms. The molecule has 0 aliphatic heterocycles. The Labute approximate surface area is 202 Å². The number of hydrogen-bond acceptors (Lipinski definition) is 4. The lowest BCUT2D eigenvalue weighted by atomic mass is 9.95. The first-order chi connectivity index (χ1) is 15.7. The molecule has 0 spiro atoms. The van der Waals surface area contributed by atoms with Crippen molar-refractivity contribution in [2.45, 2.75) is 52.0 Å². The van der Waals surface area contributed by atoms with Crippen LogP contribution in [-0.2, 0) is 15.5 Å². The SMILES string of the molecule is Cc1cc(C(C)(F)C(F)(F)F)ccc1NC(=O)c1cccc(C)c1C(=O)NC(C)(C)CS(C)(=O)=O. The van der Waals surface area contributed by atoms with Gasteiger partial charge in [-0.25, -0.2) is 12.8 Å². The molecule has 2 amide bonds. The van der Waals surface area contributed by atoms with Crippen LogP contribution >= 0.6 is 0 Å². The minimum atomic E-state index is -5.11. The fourth-order valence-electron chi connectivity index (χ4n) is 3.67. The summed E-state index contributed by atoms with van der Waals surface area (Å²) in [4.78, 5) is 26.1. The van der Waals surface area contributed by atoms with Gasteiger partial charge in [0.1, 0.15) is 9.84 Å². The molecular weight excluding hydrogens is 488 g/mol.